The molecule has 1 saturated heterocycles. The van der Waals surface area contributed by atoms with Gasteiger partial charge in [0.25, 0.3) is 0 Å². The van der Waals surface area contributed by atoms with Crippen LogP contribution < -0.4 is 10.6 Å². The summed E-state index contributed by atoms with van der Waals surface area (Å²) in [5, 5.41) is 6.90. The summed E-state index contributed by atoms with van der Waals surface area (Å²) in [7, 11) is 0. The third kappa shape index (κ3) is 3.11. The molecule has 0 aromatic heterocycles. The largest absolute Gasteiger partial charge is 0.348 e. The highest BCUT2D eigenvalue weighted by molar-refractivity contribution is 6.31. The number of carbonyl (C=O) groups excluding carboxylic acids is 2. The number of rotatable bonds is 2. The summed E-state index contributed by atoms with van der Waals surface area (Å²) in [6, 6.07) is 17.6. The van der Waals surface area contributed by atoms with Crippen molar-refractivity contribution in [2.45, 2.75) is 23.8 Å². The molecule has 2 aliphatic rings. The minimum atomic E-state index is -1.20. The molecule has 2 heterocycles. The van der Waals surface area contributed by atoms with E-state index >= 15 is 0 Å². The summed E-state index contributed by atoms with van der Waals surface area (Å²) in [6.45, 7) is 0. The molecular formula is C24H17Cl2FN2O2. The molecule has 3 aromatic carbocycles. The molecule has 0 radical (unpaired) electrons. The number of carbonyl (C=O) groups is 2. The highest BCUT2D eigenvalue weighted by atomic mass is 35.5. The molecule has 3 atom stereocenters. The van der Waals surface area contributed by atoms with Crippen molar-refractivity contribution in [2.24, 2.45) is 0 Å². The standard InChI is InChI=1S/C24H17Cl2FN2O2/c25-15-5-1-3-13(9-15)19-12-21(30)29-22(14-4-2-6-17(27)10-14)24(19)18-8-7-16(26)11-20(18)28-23(24)31/h1-11,19,22H,12H2,(H,28,31)(H,29,30)/t19?,22?,24-/m0/s1. The molecule has 4 nitrogen and oxygen atoms in total. The molecule has 1 fully saturated rings. The molecule has 2 amide bonds. The molecule has 0 aliphatic carbocycles. The van der Waals surface area contributed by atoms with E-state index in [1.54, 1.807) is 48.5 Å². The van der Waals surface area contributed by atoms with Crippen LogP contribution in [0.3, 0.4) is 0 Å². The third-order valence-electron chi connectivity index (χ3n) is 6.18. The van der Waals surface area contributed by atoms with E-state index in [1.165, 1.54) is 12.1 Å². The first-order valence-corrected chi connectivity index (χ1v) is 10.6. The quantitative estimate of drug-likeness (QED) is 0.546. The van der Waals surface area contributed by atoms with E-state index in [1.807, 2.05) is 6.07 Å². The zero-order valence-electron chi connectivity index (χ0n) is 16.2. The lowest BCUT2D eigenvalue weighted by molar-refractivity contribution is -0.131. The van der Waals surface area contributed by atoms with Crippen molar-refractivity contribution < 1.29 is 14.0 Å². The van der Waals surface area contributed by atoms with Gasteiger partial charge in [0.2, 0.25) is 11.8 Å². The molecule has 7 heteroatoms. The summed E-state index contributed by atoms with van der Waals surface area (Å²) in [5.41, 5.74) is 1.37. The molecule has 2 unspecified atom stereocenters. The monoisotopic (exact) mass is 454 g/mol. The van der Waals surface area contributed by atoms with Crippen LogP contribution in [-0.4, -0.2) is 11.8 Å². The second kappa shape index (κ2) is 7.36. The Kier molecular flexibility index (Phi) is 4.76. The van der Waals surface area contributed by atoms with Gasteiger partial charge in [-0.05, 0) is 53.1 Å². The van der Waals surface area contributed by atoms with Crippen LogP contribution in [-0.2, 0) is 15.0 Å². The van der Waals surface area contributed by atoms with E-state index in [0.717, 1.165) is 5.56 Å². The van der Waals surface area contributed by atoms with E-state index in [4.69, 9.17) is 23.2 Å². The van der Waals surface area contributed by atoms with E-state index in [9.17, 15) is 14.0 Å². The summed E-state index contributed by atoms with van der Waals surface area (Å²) in [6.07, 6.45) is 0.0850. The molecular weight excluding hydrogens is 438 g/mol. The zero-order chi connectivity index (χ0) is 21.8. The van der Waals surface area contributed by atoms with Crippen molar-refractivity contribution in [2.75, 3.05) is 5.32 Å². The van der Waals surface area contributed by atoms with Crippen LogP contribution in [0.15, 0.2) is 66.7 Å². The molecule has 0 saturated carbocycles. The van der Waals surface area contributed by atoms with Crippen molar-refractivity contribution in [1.29, 1.82) is 0 Å². The fourth-order valence-electron chi connectivity index (χ4n) is 4.98. The Hall–Kier alpha value is -2.89. The van der Waals surface area contributed by atoms with Gasteiger partial charge in [-0.3, -0.25) is 9.59 Å². The second-order valence-corrected chi connectivity index (χ2v) is 8.75. The maximum absolute atomic E-state index is 14.2. The Balaban J connectivity index is 1.81. The molecule has 31 heavy (non-hydrogen) atoms. The van der Waals surface area contributed by atoms with Crippen LogP contribution in [0.4, 0.5) is 10.1 Å². The van der Waals surface area contributed by atoms with Gasteiger partial charge < -0.3 is 10.6 Å². The van der Waals surface area contributed by atoms with Gasteiger partial charge in [0, 0.05) is 28.1 Å². The minimum Gasteiger partial charge on any atom is -0.348 e. The van der Waals surface area contributed by atoms with Crippen LogP contribution >= 0.6 is 23.2 Å². The highest BCUT2D eigenvalue weighted by Crippen LogP contribution is 2.57. The average Bonchev–Trinajstić information content (AvgIpc) is 3.01. The Morgan fingerprint density at radius 2 is 1.65 bits per heavy atom. The van der Waals surface area contributed by atoms with E-state index in [0.29, 0.717) is 26.9 Å². The molecule has 2 aliphatic heterocycles. The number of amides is 2. The highest BCUT2D eigenvalue weighted by Gasteiger charge is 2.61. The fourth-order valence-corrected chi connectivity index (χ4v) is 5.35. The van der Waals surface area contributed by atoms with Crippen molar-refractivity contribution in [3.63, 3.8) is 0 Å². The summed E-state index contributed by atoms with van der Waals surface area (Å²) in [5.74, 6) is -1.46. The van der Waals surface area contributed by atoms with Gasteiger partial charge >= 0.3 is 0 Å². The predicted octanol–water partition coefficient (Wildman–Crippen LogP) is 5.37. The van der Waals surface area contributed by atoms with Crippen LogP contribution in [0.2, 0.25) is 10.0 Å². The summed E-state index contributed by atoms with van der Waals surface area (Å²) >= 11 is 12.4. The summed E-state index contributed by atoms with van der Waals surface area (Å²) in [4.78, 5) is 26.6. The van der Waals surface area contributed by atoms with E-state index < -0.39 is 23.2 Å². The number of piperidine rings is 1. The van der Waals surface area contributed by atoms with Crippen molar-refractivity contribution in [3.8, 4) is 0 Å². The molecule has 5 rings (SSSR count). The first-order chi connectivity index (χ1) is 14.9. The van der Waals surface area contributed by atoms with Gasteiger partial charge in [-0.1, -0.05) is 53.5 Å². The van der Waals surface area contributed by atoms with Gasteiger partial charge in [0.05, 0.1) is 6.04 Å². The third-order valence-corrected chi connectivity index (χ3v) is 6.65. The van der Waals surface area contributed by atoms with Crippen LogP contribution in [0.5, 0.6) is 0 Å². The SMILES string of the molecule is O=C1CC(c2cccc(Cl)c2)[C@]2(C(=O)Nc3cc(Cl)ccc32)C(c2cccc(F)c2)N1. The van der Waals surface area contributed by atoms with Crippen molar-refractivity contribution in [1.82, 2.24) is 5.32 Å². The fraction of sp³-hybridized carbons (Fsp3) is 0.167. The minimum absolute atomic E-state index is 0.0850. The molecule has 0 bridgehead atoms. The first-order valence-electron chi connectivity index (χ1n) is 9.81. The Labute approximate surface area is 188 Å². The molecule has 2 N–H and O–H groups in total. The number of anilines is 1. The smallest absolute Gasteiger partial charge is 0.238 e. The zero-order valence-corrected chi connectivity index (χ0v) is 17.7. The van der Waals surface area contributed by atoms with Crippen LogP contribution in [0.1, 0.15) is 35.1 Å². The Morgan fingerprint density at radius 3 is 2.42 bits per heavy atom. The van der Waals surface area contributed by atoms with Gasteiger partial charge in [-0.25, -0.2) is 4.39 Å². The van der Waals surface area contributed by atoms with Crippen molar-refractivity contribution in [3.05, 3.63) is 99.3 Å². The lowest BCUT2D eigenvalue weighted by Crippen LogP contribution is -2.56. The molecule has 3 aromatic rings. The van der Waals surface area contributed by atoms with E-state index in [-0.39, 0.29) is 18.2 Å². The maximum Gasteiger partial charge on any atom is 0.238 e. The topological polar surface area (TPSA) is 58.2 Å². The lowest BCUT2D eigenvalue weighted by Gasteiger charge is -2.46. The number of benzene rings is 3. The number of hydrogen-bond donors (Lipinski definition) is 2. The van der Waals surface area contributed by atoms with Crippen molar-refractivity contribution >= 4 is 40.7 Å². The lowest BCUT2D eigenvalue weighted by atomic mass is 9.59. The number of nitrogens with one attached hydrogen (secondary N) is 2. The average molecular weight is 455 g/mol. The number of fused-ring (bicyclic) bond motifs is 2. The molecule has 1 spiro atoms. The van der Waals surface area contributed by atoms with Gasteiger partial charge in [0.1, 0.15) is 11.2 Å². The first kappa shape index (κ1) is 20.0. The Bertz CT molecular complexity index is 1170. The number of halogens is 3. The van der Waals surface area contributed by atoms with Crippen LogP contribution in [0, 0.1) is 5.82 Å². The van der Waals surface area contributed by atoms with Crippen LogP contribution in [0.25, 0.3) is 0 Å². The normalized spacial score (nSPS) is 24.6. The maximum atomic E-state index is 14.2. The van der Waals surface area contributed by atoms with E-state index in [2.05, 4.69) is 10.6 Å². The van der Waals surface area contributed by atoms with Gasteiger partial charge in [-0.15, -0.1) is 0 Å². The van der Waals surface area contributed by atoms with Gasteiger partial charge in [-0.2, -0.15) is 0 Å². The van der Waals surface area contributed by atoms with Gasteiger partial charge in [0.15, 0.2) is 0 Å². The predicted molar refractivity (Wildman–Crippen MR) is 118 cm³/mol. The Morgan fingerprint density at radius 1 is 0.903 bits per heavy atom. The second-order valence-electron chi connectivity index (χ2n) is 7.88. The molecule has 156 valence electrons. The summed E-state index contributed by atoms with van der Waals surface area (Å²) < 4.78 is 14.2. The number of hydrogen-bond acceptors (Lipinski definition) is 2.